The van der Waals surface area contributed by atoms with Gasteiger partial charge in [-0.15, -0.1) is 0 Å². The second-order valence-corrected chi connectivity index (χ2v) is 6.30. The molecular weight excluding hydrogens is 358 g/mol. The number of carbonyl (C=O) groups excluding carboxylic acids is 2. The number of amides is 1. The van der Waals surface area contributed by atoms with Crippen molar-refractivity contribution in [1.29, 1.82) is 0 Å². The highest BCUT2D eigenvalue weighted by Crippen LogP contribution is 2.19. The SMILES string of the molecule is CC[C@@H](COC(=O)C(OC)c1ccccc1)NC(=O)[C@@H](OC)c1ccccc1. The van der Waals surface area contributed by atoms with Crippen molar-refractivity contribution in [2.24, 2.45) is 0 Å². The van der Waals surface area contributed by atoms with Crippen molar-refractivity contribution >= 4 is 11.9 Å². The number of methoxy groups -OCH3 is 2. The number of hydrogen-bond donors (Lipinski definition) is 1. The van der Waals surface area contributed by atoms with Crippen LogP contribution in [0.5, 0.6) is 0 Å². The van der Waals surface area contributed by atoms with Crippen LogP contribution in [0.1, 0.15) is 36.7 Å². The van der Waals surface area contributed by atoms with Gasteiger partial charge in [-0.1, -0.05) is 67.6 Å². The zero-order valence-electron chi connectivity index (χ0n) is 16.5. The van der Waals surface area contributed by atoms with Crippen LogP contribution in [0.3, 0.4) is 0 Å². The van der Waals surface area contributed by atoms with Gasteiger partial charge in [-0.2, -0.15) is 0 Å². The monoisotopic (exact) mass is 385 g/mol. The molecule has 6 nitrogen and oxygen atoms in total. The average molecular weight is 385 g/mol. The molecule has 6 heteroatoms. The third kappa shape index (κ3) is 5.90. The van der Waals surface area contributed by atoms with E-state index in [-0.39, 0.29) is 18.6 Å². The molecule has 0 fully saturated rings. The number of carbonyl (C=O) groups is 2. The van der Waals surface area contributed by atoms with Crippen molar-refractivity contribution in [3.63, 3.8) is 0 Å². The molecule has 0 aliphatic carbocycles. The van der Waals surface area contributed by atoms with Crippen molar-refractivity contribution in [1.82, 2.24) is 5.32 Å². The van der Waals surface area contributed by atoms with E-state index in [1.807, 2.05) is 55.5 Å². The van der Waals surface area contributed by atoms with Gasteiger partial charge in [0.2, 0.25) is 0 Å². The van der Waals surface area contributed by atoms with Crippen molar-refractivity contribution in [2.45, 2.75) is 31.6 Å². The molecule has 1 amide bonds. The van der Waals surface area contributed by atoms with Crippen LogP contribution in [0.4, 0.5) is 0 Å². The Morgan fingerprint density at radius 1 is 0.857 bits per heavy atom. The van der Waals surface area contributed by atoms with E-state index in [9.17, 15) is 9.59 Å². The molecule has 1 N–H and O–H groups in total. The smallest absolute Gasteiger partial charge is 0.339 e. The molecular formula is C22H27NO5. The van der Waals surface area contributed by atoms with Gasteiger partial charge in [-0.25, -0.2) is 4.79 Å². The Balaban J connectivity index is 1.94. The number of rotatable bonds is 10. The Labute approximate surface area is 165 Å². The number of ether oxygens (including phenoxy) is 3. The maximum Gasteiger partial charge on any atom is 0.339 e. The zero-order chi connectivity index (χ0) is 20.4. The Kier molecular flexibility index (Phi) is 8.65. The minimum atomic E-state index is -0.801. The van der Waals surface area contributed by atoms with E-state index in [1.54, 1.807) is 12.1 Å². The highest BCUT2D eigenvalue weighted by atomic mass is 16.6. The molecule has 0 bridgehead atoms. The molecule has 0 radical (unpaired) electrons. The average Bonchev–Trinajstić information content (AvgIpc) is 2.73. The minimum Gasteiger partial charge on any atom is -0.461 e. The first kappa shape index (κ1) is 21.6. The van der Waals surface area contributed by atoms with Gasteiger partial charge in [0, 0.05) is 14.2 Å². The van der Waals surface area contributed by atoms with E-state index in [2.05, 4.69) is 5.32 Å². The molecule has 150 valence electrons. The topological polar surface area (TPSA) is 73.9 Å². The van der Waals surface area contributed by atoms with Crippen LogP contribution < -0.4 is 5.32 Å². The summed E-state index contributed by atoms with van der Waals surface area (Å²) in [5, 5.41) is 2.89. The Hall–Kier alpha value is -2.70. The lowest BCUT2D eigenvalue weighted by Gasteiger charge is -2.22. The second-order valence-electron chi connectivity index (χ2n) is 6.30. The van der Waals surface area contributed by atoms with Gasteiger partial charge in [0.1, 0.15) is 6.61 Å². The van der Waals surface area contributed by atoms with Crippen molar-refractivity contribution < 1.29 is 23.8 Å². The van der Waals surface area contributed by atoms with Gasteiger partial charge in [-0.3, -0.25) is 4.79 Å². The summed E-state index contributed by atoms with van der Waals surface area (Å²) >= 11 is 0. The molecule has 2 rings (SSSR count). The van der Waals surface area contributed by atoms with E-state index in [4.69, 9.17) is 14.2 Å². The first-order valence-electron chi connectivity index (χ1n) is 9.23. The third-order valence-corrected chi connectivity index (χ3v) is 4.39. The summed E-state index contributed by atoms with van der Waals surface area (Å²) in [4.78, 5) is 25.0. The number of nitrogens with one attached hydrogen (secondary N) is 1. The summed E-state index contributed by atoms with van der Waals surface area (Å²) < 4.78 is 16.0. The van der Waals surface area contributed by atoms with Crippen LogP contribution in [0.25, 0.3) is 0 Å². The highest BCUT2D eigenvalue weighted by Gasteiger charge is 2.25. The van der Waals surface area contributed by atoms with Crippen LogP contribution in [0.15, 0.2) is 60.7 Å². The summed E-state index contributed by atoms with van der Waals surface area (Å²) in [5.74, 6) is -0.768. The van der Waals surface area contributed by atoms with Gasteiger partial charge < -0.3 is 19.5 Å². The molecule has 0 spiro atoms. The van der Waals surface area contributed by atoms with Gasteiger partial charge in [0.15, 0.2) is 12.2 Å². The summed E-state index contributed by atoms with van der Waals surface area (Å²) in [7, 11) is 2.95. The first-order valence-corrected chi connectivity index (χ1v) is 9.23. The van der Waals surface area contributed by atoms with E-state index in [0.29, 0.717) is 6.42 Å². The Bertz CT molecular complexity index is 735. The molecule has 2 aromatic rings. The molecule has 0 aromatic heterocycles. The molecule has 0 aliphatic heterocycles. The fraction of sp³-hybridized carbons (Fsp3) is 0.364. The first-order chi connectivity index (χ1) is 13.6. The fourth-order valence-electron chi connectivity index (χ4n) is 2.82. The van der Waals surface area contributed by atoms with E-state index >= 15 is 0 Å². The van der Waals surface area contributed by atoms with E-state index in [0.717, 1.165) is 11.1 Å². The van der Waals surface area contributed by atoms with Gasteiger partial charge in [-0.05, 0) is 17.5 Å². The Morgan fingerprint density at radius 2 is 1.36 bits per heavy atom. The number of hydrogen-bond acceptors (Lipinski definition) is 5. The lowest BCUT2D eigenvalue weighted by molar-refractivity contribution is -0.157. The highest BCUT2D eigenvalue weighted by molar-refractivity contribution is 5.82. The normalized spacial score (nSPS) is 14.0. The maximum absolute atomic E-state index is 12.6. The third-order valence-electron chi connectivity index (χ3n) is 4.39. The largest absolute Gasteiger partial charge is 0.461 e. The van der Waals surface area contributed by atoms with Crippen LogP contribution in [0, 0.1) is 0 Å². The molecule has 1 unspecified atom stereocenters. The van der Waals surface area contributed by atoms with E-state index < -0.39 is 18.2 Å². The van der Waals surface area contributed by atoms with Crippen molar-refractivity contribution in [2.75, 3.05) is 20.8 Å². The van der Waals surface area contributed by atoms with Gasteiger partial charge in [0.05, 0.1) is 6.04 Å². The molecule has 28 heavy (non-hydrogen) atoms. The Morgan fingerprint density at radius 3 is 1.82 bits per heavy atom. The molecule has 0 saturated carbocycles. The minimum absolute atomic E-state index is 0.0546. The predicted octanol–water partition coefficient (Wildman–Crippen LogP) is 3.20. The summed E-state index contributed by atoms with van der Waals surface area (Å²) in [6.45, 7) is 1.97. The summed E-state index contributed by atoms with van der Waals surface area (Å²) in [5.41, 5.74) is 1.48. The molecule has 0 saturated heterocycles. The molecule has 2 aromatic carbocycles. The van der Waals surface area contributed by atoms with Crippen molar-refractivity contribution in [3.8, 4) is 0 Å². The second kappa shape index (κ2) is 11.2. The van der Waals surface area contributed by atoms with Crippen LogP contribution >= 0.6 is 0 Å². The summed E-state index contributed by atoms with van der Waals surface area (Å²) in [6.07, 6.45) is -0.916. The van der Waals surface area contributed by atoms with Crippen LogP contribution in [-0.2, 0) is 23.8 Å². The van der Waals surface area contributed by atoms with Crippen LogP contribution in [-0.4, -0.2) is 38.7 Å². The lowest BCUT2D eigenvalue weighted by atomic mass is 10.1. The predicted molar refractivity (Wildman–Crippen MR) is 106 cm³/mol. The maximum atomic E-state index is 12.6. The number of benzene rings is 2. The molecule has 0 heterocycles. The van der Waals surface area contributed by atoms with Crippen molar-refractivity contribution in [3.05, 3.63) is 71.8 Å². The van der Waals surface area contributed by atoms with Gasteiger partial charge in [0.25, 0.3) is 5.91 Å². The van der Waals surface area contributed by atoms with E-state index in [1.165, 1.54) is 14.2 Å². The van der Waals surface area contributed by atoms with Gasteiger partial charge >= 0.3 is 5.97 Å². The fourth-order valence-corrected chi connectivity index (χ4v) is 2.82. The summed E-state index contributed by atoms with van der Waals surface area (Å²) in [6, 6.07) is 18.0. The standard InChI is InChI=1S/C22H27NO5/c1-4-18(23-21(24)19(26-2)16-11-7-5-8-12-16)15-28-22(25)20(27-3)17-13-9-6-10-14-17/h5-14,18-20H,4,15H2,1-3H3,(H,23,24)/t18-,19-,20?/m0/s1. The molecule has 0 aliphatic rings. The quantitative estimate of drug-likeness (QED) is 0.636. The molecule has 3 atom stereocenters. The lowest BCUT2D eigenvalue weighted by Crippen LogP contribution is -2.41. The number of esters is 1. The zero-order valence-corrected chi connectivity index (χ0v) is 16.5. The van der Waals surface area contributed by atoms with Crippen LogP contribution in [0.2, 0.25) is 0 Å².